The average molecular weight is 282 g/mol. The van der Waals surface area contributed by atoms with E-state index in [9.17, 15) is 0 Å². The summed E-state index contributed by atoms with van der Waals surface area (Å²) in [6.07, 6.45) is 6.60. The van der Waals surface area contributed by atoms with Gasteiger partial charge in [-0.15, -0.1) is 5.10 Å². The summed E-state index contributed by atoms with van der Waals surface area (Å²) in [6, 6.07) is 0.454. The van der Waals surface area contributed by atoms with Gasteiger partial charge in [-0.3, -0.25) is 0 Å². The fourth-order valence-corrected chi connectivity index (χ4v) is 4.31. The zero-order valence-electron chi connectivity index (χ0n) is 11.5. The van der Waals surface area contributed by atoms with Crippen LogP contribution in [0.4, 0.5) is 0 Å². The minimum absolute atomic E-state index is 0.114. The number of hydrogen-bond donors (Lipinski definition) is 1. The van der Waals surface area contributed by atoms with Crippen molar-refractivity contribution in [2.45, 2.75) is 43.9 Å². The predicted octanol–water partition coefficient (Wildman–Crippen LogP) is 1.61. The largest absolute Gasteiger partial charge is 0.375 e. The third kappa shape index (κ3) is 2.95. The highest BCUT2D eigenvalue weighted by Crippen LogP contribution is 2.41. The second-order valence-corrected chi connectivity index (χ2v) is 6.74. The molecule has 2 saturated heterocycles. The van der Waals surface area contributed by atoms with Gasteiger partial charge in [-0.1, -0.05) is 5.21 Å². The number of nitrogens with zero attached hydrogens (tertiary/aromatic N) is 3. The van der Waals surface area contributed by atoms with Crippen LogP contribution in [0.5, 0.6) is 0 Å². The first-order valence-electron chi connectivity index (χ1n) is 7.08. The van der Waals surface area contributed by atoms with Crippen LogP contribution in [-0.2, 0) is 11.3 Å². The van der Waals surface area contributed by atoms with E-state index in [1.807, 2.05) is 18.8 Å². The van der Waals surface area contributed by atoms with Crippen LogP contribution in [0.25, 0.3) is 0 Å². The van der Waals surface area contributed by atoms with Crippen LogP contribution in [0.1, 0.15) is 37.4 Å². The number of aromatic nitrogens is 3. The Morgan fingerprint density at radius 1 is 1.53 bits per heavy atom. The van der Waals surface area contributed by atoms with Gasteiger partial charge in [0, 0.05) is 13.2 Å². The average Bonchev–Trinajstić information content (AvgIpc) is 2.89. The number of ether oxygens (including phenoxy) is 1. The van der Waals surface area contributed by atoms with Crippen molar-refractivity contribution in [3.05, 3.63) is 11.9 Å². The van der Waals surface area contributed by atoms with Gasteiger partial charge in [-0.2, -0.15) is 11.8 Å². The molecule has 5 nitrogen and oxygen atoms in total. The van der Waals surface area contributed by atoms with Gasteiger partial charge in [0.25, 0.3) is 0 Å². The Morgan fingerprint density at radius 3 is 3.16 bits per heavy atom. The summed E-state index contributed by atoms with van der Waals surface area (Å²) in [4.78, 5) is 0. The van der Waals surface area contributed by atoms with Crippen LogP contribution in [0.15, 0.2) is 6.20 Å². The van der Waals surface area contributed by atoms with Crippen LogP contribution in [0.3, 0.4) is 0 Å². The zero-order chi connectivity index (χ0) is 13.1. The molecule has 3 rings (SSSR count). The highest BCUT2D eigenvalue weighted by Gasteiger charge is 2.39. The minimum Gasteiger partial charge on any atom is -0.375 e. The van der Waals surface area contributed by atoms with E-state index in [0.717, 1.165) is 31.7 Å². The molecule has 2 aliphatic heterocycles. The van der Waals surface area contributed by atoms with E-state index in [1.54, 1.807) is 0 Å². The second kappa shape index (κ2) is 5.81. The van der Waals surface area contributed by atoms with Crippen molar-refractivity contribution in [1.29, 1.82) is 0 Å². The van der Waals surface area contributed by atoms with Gasteiger partial charge in [0.05, 0.1) is 23.5 Å². The van der Waals surface area contributed by atoms with Crippen LogP contribution < -0.4 is 5.32 Å². The fourth-order valence-electron chi connectivity index (χ4n) is 3.07. The normalized spacial score (nSPS) is 26.7. The summed E-state index contributed by atoms with van der Waals surface area (Å²) >= 11 is 2.05. The summed E-state index contributed by atoms with van der Waals surface area (Å²) in [7, 11) is 1.93. The Bertz CT molecular complexity index is 411. The molecule has 1 unspecified atom stereocenters. The van der Waals surface area contributed by atoms with Crippen molar-refractivity contribution < 1.29 is 4.74 Å². The molecule has 1 aromatic rings. The molecule has 1 aromatic heterocycles. The van der Waals surface area contributed by atoms with E-state index in [2.05, 4.69) is 26.5 Å². The maximum Gasteiger partial charge on any atom is 0.0964 e. The van der Waals surface area contributed by atoms with Crippen LogP contribution in [0.2, 0.25) is 0 Å². The van der Waals surface area contributed by atoms with E-state index in [1.165, 1.54) is 24.3 Å². The summed E-state index contributed by atoms with van der Waals surface area (Å²) in [5.41, 5.74) is 1.13. The summed E-state index contributed by atoms with van der Waals surface area (Å²) in [5.74, 6) is 2.46. The third-order valence-corrected chi connectivity index (χ3v) is 5.15. The van der Waals surface area contributed by atoms with Crippen molar-refractivity contribution in [2.75, 3.05) is 25.2 Å². The van der Waals surface area contributed by atoms with Gasteiger partial charge >= 0.3 is 0 Å². The molecule has 0 aromatic carbocycles. The van der Waals surface area contributed by atoms with Gasteiger partial charge in [0.1, 0.15) is 0 Å². The van der Waals surface area contributed by atoms with Crippen molar-refractivity contribution in [3.63, 3.8) is 0 Å². The molecule has 1 atom stereocenters. The van der Waals surface area contributed by atoms with E-state index in [-0.39, 0.29) is 5.60 Å². The molecule has 0 aliphatic carbocycles. The Morgan fingerprint density at radius 2 is 2.37 bits per heavy atom. The van der Waals surface area contributed by atoms with Crippen LogP contribution >= 0.6 is 11.8 Å². The minimum atomic E-state index is 0.114. The Balaban J connectivity index is 1.69. The van der Waals surface area contributed by atoms with Gasteiger partial charge in [0.2, 0.25) is 0 Å². The van der Waals surface area contributed by atoms with Crippen LogP contribution in [-0.4, -0.2) is 45.8 Å². The Labute approximate surface area is 118 Å². The number of nitrogens with one attached hydrogen (secondary N) is 1. The molecule has 0 bridgehead atoms. The monoisotopic (exact) mass is 282 g/mol. The second-order valence-electron chi connectivity index (χ2n) is 5.51. The number of rotatable bonds is 3. The Kier molecular flexibility index (Phi) is 4.10. The summed E-state index contributed by atoms with van der Waals surface area (Å²) < 4.78 is 8.18. The molecule has 19 heavy (non-hydrogen) atoms. The SMILES string of the molecule is CNCc1cn(C2CCOC3(CCSCC3)C2)nn1. The highest BCUT2D eigenvalue weighted by molar-refractivity contribution is 7.99. The molecule has 106 valence electrons. The molecule has 1 N–H and O–H groups in total. The van der Waals surface area contributed by atoms with E-state index in [0.29, 0.717) is 6.04 Å². The van der Waals surface area contributed by atoms with Gasteiger partial charge < -0.3 is 10.1 Å². The van der Waals surface area contributed by atoms with E-state index in [4.69, 9.17) is 4.74 Å². The molecular weight excluding hydrogens is 260 g/mol. The maximum absolute atomic E-state index is 6.13. The zero-order valence-corrected chi connectivity index (χ0v) is 12.3. The van der Waals surface area contributed by atoms with Gasteiger partial charge in [-0.25, -0.2) is 4.68 Å². The fraction of sp³-hybridized carbons (Fsp3) is 0.846. The molecule has 2 aliphatic rings. The molecule has 6 heteroatoms. The molecule has 2 fully saturated rings. The molecule has 1 spiro atoms. The topological polar surface area (TPSA) is 52.0 Å². The predicted molar refractivity (Wildman–Crippen MR) is 76.3 cm³/mol. The molecule has 0 amide bonds. The van der Waals surface area contributed by atoms with Crippen LogP contribution in [0, 0.1) is 0 Å². The molecule has 3 heterocycles. The quantitative estimate of drug-likeness (QED) is 0.913. The highest BCUT2D eigenvalue weighted by atomic mass is 32.2. The van der Waals surface area contributed by atoms with Crippen molar-refractivity contribution in [3.8, 4) is 0 Å². The third-order valence-electron chi connectivity index (χ3n) is 4.16. The first kappa shape index (κ1) is 13.4. The standard InChI is InChI=1S/C13H22N4OS/c1-14-9-11-10-17(16-15-11)12-2-5-18-13(8-12)3-6-19-7-4-13/h10,12,14H,2-9H2,1H3. The van der Waals surface area contributed by atoms with Crippen molar-refractivity contribution in [2.24, 2.45) is 0 Å². The first-order valence-corrected chi connectivity index (χ1v) is 8.24. The number of thioether (sulfide) groups is 1. The molecule has 0 saturated carbocycles. The van der Waals surface area contributed by atoms with E-state index >= 15 is 0 Å². The van der Waals surface area contributed by atoms with Crippen molar-refractivity contribution in [1.82, 2.24) is 20.3 Å². The van der Waals surface area contributed by atoms with Gasteiger partial charge in [0.15, 0.2) is 0 Å². The lowest BCUT2D eigenvalue weighted by molar-refractivity contribution is -0.100. The lowest BCUT2D eigenvalue weighted by atomic mass is 9.85. The van der Waals surface area contributed by atoms with E-state index < -0.39 is 0 Å². The lowest BCUT2D eigenvalue weighted by Crippen LogP contribution is -2.43. The smallest absolute Gasteiger partial charge is 0.0964 e. The number of hydrogen-bond acceptors (Lipinski definition) is 5. The first-order chi connectivity index (χ1) is 9.31. The summed E-state index contributed by atoms with van der Waals surface area (Å²) in [6.45, 7) is 1.64. The molecule has 0 radical (unpaired) electrons. The lowest BCUT2D eigenvalue weighted by Gasteiger charge is -2.43. The van der Waals surface area contributed by atoms with Crippen molar-refractivity contribution >= 4 is 11.8 Å². The maximum atomic E-state index is 6.13. The van der Waals surface area contributed by atoms with Gasteiger partial charge in [-0.05, 0) is 44.2 Å². The Hall–Kier alpha value is -0.590. The summed E-state index contributed by atoms with van der Waals surface area (Å²) in [5, 5.41) is 11.6. The molecular formula is C13H22N4OS.